The minimum atomic E-state index is -2.69. The number of alkyl halides is 2. The van der Waals surface area contributed by atoms with E-state index in [9.17, 15) is 13.6 Å². The standard InChI is InChI=1S/C15H23F2N3O2/c1-9-13(10(2)20(19-9)15(16)17)7-14(22)18-12-5-3-11(8-21)4-6-12/h11-12,15,21H,3-8H2,1-2H3,(H,18,22). The lowest BCUT2D eigenvalue weighted by Gasteiger charge is -2.28. The van der Waals surface area contributed by atoms with Crippen LogP contribution in [0.4, 0.5) is 8.78 Å². The maximum Gasteiger partial charge on any atom is 0.333 e. The number of aryl methyl sites for hydroxylation is 1. The topological polar surface area (TPSA) is 67.2 Å². The van der Waals surface area contributed by atoms with Crippen molar-refractivity contribution in [2.24, 2.45) is 5.92 Å². The van der Waals surface area contributed by atoms with Crippen molar-refractivity contribution < 1.29 is 18.7 Å². The van der Waals surface area contributed by atoms with Gasteiger partial charge in [0, 0.05) is 23.9 Å². The molecule has 0 unspecified atom stereocenters. The van der Waals surface area contributed by atoms with Gasteiger partial charge in [-0.1, -0.05) is 0 Å². The van der Waals surface area contributed by atoms with Crippen LogP contribution in [0.15, 0.2) is 0 Å². The van der Waals surface area contributed by atoms with Crippen molar-refractivity contribution in [3.05, 3.63) is 17.0 Å². The van der Waals surface area contributed by atoms with Crippen LogP contribution in [0.1, 0.15) is 49.2 Å². The fourth-order valence-corrected chi connectivity index (χ4v) is 3.07. The first-order valence-corrected chi connectivity index (χ1v) is 7.65. The predicted octanol–water partition coefficient (Wildman–Crippen LogP) is 2.10. The molecule has 1 amide bonds. The SMILES string of the molecule is Cc1nn(C(F)F)c(C)c1CC(=O)NC1CCC(CO)CC1. The lowest BCUT2D eigenvalue weighted by molar-refractivity contribution is -0.121. The Hall–Kier alpha value is -1.50. The fraction of sp³-hybridized carbons (Fsp3) is 0.733. The van der Waals surface area contributed by atoms with Gasteiger partial charge in [-0.2, -0.15) is 13.9 Å². The van der Waals surface area contributed by atoms with Gasteiger partial charge in [-0.05, 0) is 45.4 Å². The Morgan fingerprint density at radius 2 is 2.00 bits per heavy atom. The number of nitrogens with zero attached hydrogens (tertiary/aromatic N) is 2. The number of amides is 1. The van der Waals surface area contributed by atoms with Crippen molar-refractivity contribution in [1.82, 2.24) is 15.1 Å². The highest BCUT2D eigenvalue weighted by Gasteiger charge is 2.23. The molecule has 0 aliphatic heterocycles. The quantitative estimate of drug-likeness (QED) is 0.874. The van der Waals surface area contributed by atoms with Gasteiger partial charge >= 0.3 is 6.55 Å². The Bertz CT molecular complexity index is 523. The van der Waals surface area contributed by atoms with E-state index < -0.39 is 6.55 Å². The second kappa shape index (κ2) is 7.17. The molecule has 124 valence electrons. The Balaban J connectivity index is 1.93. The molecule has 0 aromatic carbocycles. The summed E-state index contributed by atoms with van der Waals surface area (Å²) in [5, 5.41) is 15.9. The van der Waals surface area contributed by atoms with Gasteiger partial charge < -0.3 is 10.4 Å². The van der Waals surface area contributed by atoms with Gasteiger partial charge in [-0.15, -0.1) is 0 Å². The summed E-state index contributed by atoms with van der Waals surface area (Å²) in [4.78, 5) is 12.1. The normalized spacial score (nSPS) is 22.1. The van der Waals surface area contributed by atoms with Crippen LogP contribution in [0.3, 0.4) is 0 Å². The van der Waals surface area contributed by atoms with Crippen molar-refractivity contribution in [2.75, 3.05) is 6.61 Å². The van der Waals surface area contributed by atoms with Crippen molar-refractivity contribution in [3.63, 3.8) is 0 Å². The average molecular weight is 315 g/mol. The number of aliphatic hydroxyl groups excluding tert-OH is 1. The third-order valence-electron chi connectivity index (χ3n) is 4.47. The Kier molecular flexibility index (Phi) is 5.50. The summed E-state index contributed by atoms with van der Waals surface area (Å²) < 4.78 is 26.2. The number of hydrogen-bond donors (Lipinski definition) is 2. The van der Waals surface area contributed by atoms with Crippen LogP contribution in [-0.2, 0) is 11.2 Å². The van der Waals surface area contributed by atoms with Crippen LogP contribution in [0.5, 0.6) is 0 Å². The summed E-state index contributed by atoms with van der Waals surface area (Å²) in [7, 11) is 0. The highest BCUT2D eigenvalue weighted by molar-refractivity contribution is 5.79. The molecule has 1 aromatic rings. The molecule has 1 aliphatic rings. The fourth-order valence-electron chi connectivity index (χ4n) is 3.07. The summed E-state index contributed by atoms with van der Waals surface area (Å²) in [5.74, 6) is 0.175. The minimum Gasteiger partial charge on any atom is -0.396 e. The number of hydrogen-bond acceptors (Lipinski definition) is 3. The molecule has 1 fully saturated rings. The van der Waals surface area contributed by atoms with E-state index in [0.29, 0.717) is 27.6 Å². The number of rotatable bonds is 5. The zero-order valence-corrected chi connectivity index (χ0v) is 13.0. The summed E-state index contributed by atoms with van der Waals surface area (Å²) in [6.45, 7) is 0.706. The van der Waals surface area contributed by atoms with Crippen molar-refractivity contribution >= 4 is 5.91 Å². The zero-order chi connectivity index (χ0) is 16.3. The van der Waals surface area contributed by atoms with E-state index in [4.69, 9.17) is 5.11 Å². The van der Waals surface area contributed by atoms with Crippen LogP contribution in [0, 0.1) is 19.8 Å². The van der Waals surface area contributed by atoms with Gasteiger partial charge in [-0.3, -0.25) is 4.79 Å². The first-order valence-electron chi connectivity index (χ1n) is 7.65. The maximum atomic E-state index is 12.8. The second-order valence-electron chi connectivity index (χ2n) is 6.02. The zero-order valence-electron chi connectivity index (χ0n) is 13.0. The maximum absolute atomic E-state index is 12.8. The van der Waals surface area contributed by atoms with Crippen LogP contribution in [-0.4, -0.2) is 33.4 Å². The molecule has 0 spiro atoms. The highest BCUT2D eigenvalue weighted by Crippen LogP contribution is 2.24. The lowest BCUT2D eigenvalue weighted by atomic mass is 9.86. The summed E-state index contributed by atoms with van der Waals surface area (Å²) >= 11 is 0. The largest absolute Gasteiger partial charge is 0.396 e. The van der Waals surface area contributed by atoms with Crippen molar-refractivity contribution in [2.45, 2.75) is 58.5 Å². The molecular formula is C15H23F2N3O2. The van der Waals surface area contributed by atoms with Gasteiger partial charge in [-0.25, -0.2) is 4.68 Å². The van der Waals surface area contributed by atoms with Crippen LogP contribution in [0.25, 0.3) is 0 Å². The van der Waals surface area contributed by atoms with E-state index in [2.05, 4.69) is 10.4 Å². The number of carbonyl (C=O) groups excluding carboxylic acids is 1. The van der Waals surface area contributed by atoms with E-state index in [0.717, 1.165) is 25.7 Å². The molecule has 0 saturated heterocycles. The van der Waals surface area contributed by atoms with Crippen LogP contribution < -0.4 is 5.32 Å². The number of halogens is 2. The second-order valence-corrected chi connectivity index (χ2v) is 6.02. The van der Waals surface area contributed by atoms with Crippen LogP contribution >= 0.6 is 0 Å². The molecule has 0 radical (unpaired) electrons. The van der Waals surface area contributed by atoms with E-state index in [1.807, 2.05) is 0 Å². The highest BCUT2D eigenvalue weighted by atomic mass is 19.3. The van der Waals surface area contributed by atoms with Gasteiger partial charge in [0.15, 0.2) is 0 Å². The molecule has 1 heterocycles. The van der Waals surface area contributed by atoms with Gasteiger partial charge in [0.1, 0.15) is 0 Å². The Labute approximate surface area is 128 Å². The smallest absolute Gasteiger partial charge is 0.333 e. The number of nitrogens with one attached hydrogen (secondary N) is 1. The molecule has 2 rings (SSSR count). The molecule has 1 saturated carbocycles. The van der Waals surface area contributed by atoms with E-state index in [-0.39, 0.29) is 25.0 Å². The minimum absolute atomic E-state index is 0.0737. The summed E-state index contributed by atoms with van der Waals surface area (Å²) in [6.07, 6.45) is 3.59. The summed E-state index contributed by atoms with van der Waals surface area (Å²) in [5.41, 5.74) is 1.38. The molecule has 22 heavy (non-hydrogen) atoms. The summed E-state index contributed by atoms with van der Waals surface area (Å²) in [6, 6.07) is 0.112. The van der Waals surface area contributed by atoms with E-state index in [1.54, 1.807) is 13.8 Å². The van der Waals surface area contributed by atoms with E-state index in [1.165, 1.54) is 0 Å². The van der Waals surface area contributed by atoms with Crippen molar-refractivity contribution in [3.8, 4) is 0 Å². The van der Waals surface area contributed by atoms with Crippen molar-refractivity contribution in [1.29, 1.82) is 0 Å². The first kappa shape index (κ1) is 16.9. The molecule has 0 bridgehead atoms. The van der Waals surface area contributed by atoms with E-state index >= 15 is 0 Å². The average Bonchev–Trinajstić information content (AvgIpc) is 2.76. The molecule has 7 heteroatoms. The number of aromatic nitrogens is 2. The molecule has 2 N–H and O–H groups in total. The predicted molar refractivity (Wildman–Crippen MR) is 77.6 cm³/mol. The third kappa shape index (κ3) is 3.82. The molecule has 1 aliphatic carbocycles. The molecule has 5 nitrogen and oxygen atoms in total. The monoisotopic (exact) mass is 315 g/mol. The molecular weight excluding hydrogens is 292 g/mol. The molecule has 1 aromatic heterocycles. The number of aliphatic hydroxyl groups is 1. The number of carbonyl (C=O) groups is 1. The molecule has 0 atom stereocenters. The first-order chi connectivity index (χ1) is 10.4. The third-order valence-corrected chi connectivity index (χ3v) is 4.47. The lowest BCUT2D eigenvalue weighted by Crippen LogP contribution is -2.39. The van der Waals surface area contributed by atoms with Gasteiger partial charge in [0.05, 0.1) is 12.1 Å². The van der Waals surface area contributed by atoms with Gasteiger partial charge in [0.2, 0.25) is 5.91 Å². The van der Waals surface area contributed by atoms with Crippen LogP contribution in [0.2, 0.25) is 0 Å². The Morgan fingerprint density at radius 3 is 2.50 bits per heavy atom. The van der Waals surface area contributed by atoms with Gasteiger partial charge in [0.25, 0.3) is 0 Å². The Morgan fingerprint density at radius 1 is 1.36 bits per heavy atom.